The number of nitrogens with one attached hydrogen (secondary N) is 2. The normalized spacial score (nSPS) is 23.6. The summed E-state index contributed by atoms with van der Waals surface area (Å²) in [6.45, 7) is 10.7. The van der Waals surface area contributed by atoms with E-state index in [1.54, 1.807) is 0 Å². The van der Waals surface area contributed by atoms with Gasteiger partial charge in [0.05, 0.1) is 6.54 Å². The topological polar surface area (TPSA) is 44.4 Å². The van der Waals surface area contributed by atoms with Gasteiger partial charge in [0, 0.05) is 30.9 Å². The number of carbonyl (C=O) groups excluding carboxylic acids is 1. The molecule has 0 aromatic heterocycles. The molecule has 4 nitrogen and oxygen atoms in total. The zero-order valence-electron chi connectivity index (χ0n) is 12.9. The second-order valence-corrected chi connectivity index (χ2v) is 6.03. The van der Waals surface area contributed by atoms with Gasteiger partial charge in [-0.15, -0.1) is 0 Å². The standard InChI is InChI=1S/C16H25N3O/c1-11-5-6-15(12(2)7-11)18-16(20)10-19-8-13(3)17-14(4)9-19/h5-7,13-14,17H,8-10H2,1-4H3,(H,18,20). The number of rotatable bonds is 3. The first-order valence-corrected chi connectivity index (χ1v) is 7.29. The Kier molecular flexibility index (Phi) is 4.78. The highest BCUT2D eigenvalue weighted by Crippen LogP contribution is 2.16. The molecule has 2 rings (SSSR count). The van der Waals surface area contributed by atoms with Gasteiger partial charge in [-0.05, 0) is 39.3 Å². The van der Waals surface area contributed by atoms with Crippen LogP contribution in [0.1, 0.15) is 25.0 Å². The van der Waals surface area contributed by atoms with Crippen LogP contribution in [0.5, 0.6) is 0 Å². The second-order valence-electron chi connectivity index (χ2n) is 6.03. The zero-order valence-corrected chi connectivity index (χ0v) is 12.9. The summed E-state index contributed by atoms with van der Waals surface area (Å²) in [4.78, 5) is 14.4. The largest absolute Gasteiger partial charge is 0.325 e. The van der Waals surface area contributed by atoms with E-state index < -0.39 is 0 Å². The molecule has 1 amide bonds. The number of aryl methyl sites for hydroxylation is 2. The van der Waals surface area contributed by atoms with E-state index in [4.69, 9.17) is 0 Å². The number of nitrogens with zero attached hydrogens (tertiary/aromatic N) is 1. The number of carbonyl (C=O) groups is 1. The van der Waals surface area contributed by atoms with Crippen LogP contribution in [0.2, 0.25) is 0 Å². The average Bonchev–Trinajstić information content (AvgIpc) is 2.31. The molecule has 0 spiro atoms. The van der Waals surface area contributed by atoms with Crippen LogP contribution < -0.4 is 10.6 Å². The van der Waals surface area contributed by atoms with Gasteiger partial charge in [0.15, 0.2) is 0 Å². The first-order valence-electron chi connectivity index (χ1n) is 7.29. The third-order valence-corrected chi connectivity index (χ3v) is 3.66. The van der Waals surface area contributed by atoms with Crippen LogP contribution in [0.25, 0.3) is 0 Å². The maximum atomic E-state index is 12.2. The van der Waals surface area contributed by atoms with Crippen LogP contribution in [-0.4, -0.2) is 42.5 Å². The van der Waals surface area contributed by atoms with Gasteiger partial charge >= 0.3 is 0 Å². The van der Waals surface area contributed by atoms with Crippen molar-refractivity contribution in [3.05, 3.63) is 29.3 Å². The van der Waals surface area contributed by atoms with Crippen molar-refractivity contribution in [2.75, 3.05) is 25.0 Å². The van der Waals surface area contributed by atoms with E-state index in [-0.39, 0.29) is 5.91 Å². The third-order valence-electron chi connectivity index (χ3n) is 3.66. The van der Waals surface area contributed by atoms with E-state index in [1.165, 1.54) is 5.56 Å². The summed E-state index contributed by atoms with van der Waals surface area (Å²) in [5.41, 5.74) is 3.24. The predicted octanol–water partition coefficient (Wildman–Crippen LogP) is 1.92. The molecule has 1 aliphatic heterocycles. The maximum absolute atomic E-state index is 12.2. The van der Waals surface area contributed by atoms with Gasteiger partial charge in [-0.3, -0.25) is 9.69 Å². The minimum absolute atomic E-state index is 0.0678. The number of amides is 1. The number of hydrogen-bond acceptors (Lipinski definition) is 3. The summed E-state index contributed by atoms with van der Waals surface area (Å²) in [5.74, 6) is 0.0678. The molecule has 110 valence electrons. The Morgan fingerprint density at radius 1 is 1.30 bits per heavy atom. The molecule has 0 bridgehead atoms. The molecule has 4 heteroatoms. The third kappa shape index (κ3) is 4.05. The Hall–Kier alpha value is -1.39. The highest BCUT2D eigenvalue weighted by molar-refractivity contribution is 5.93. The number of anilines is 1. The van der Waals surface area contributed by atoms with Gasteiger partial charge in [0.25, 0.3) is 0 Å². The molecule has 1 aromatic rings. The van der Waals surface area contributed by atoms with E-state index in [0.717, 1.165) is 24.3 Å². The Bertz CT molecular complexity index is 477. The molecule has 1 aliphatic rings. The Labute approximate surface area is 121 Å². The van der Waals surface area contributed by atoms with Crippen LogP contribution in [0.4, 0.5) is 5.69 Å². The lowest BCUT2D eigenvalue weighted by atomic mass is 10.1. The van der Waals surface area contributed by atoms with Crippen LogP contribution in [0.15, 0.2) is 18.2 Å². The molecule has 20 heavy (non-hydrogen) atoms. The Balaban J connectivity index is 1.92. The molecule has 2 unspecified atom stereocenters. The fourth-order valence-corrected chi connectivity index (χ4v) is 2.92. The lowest BCUT2D eigenvalue weighted by Crippen LogP contribution is -2.55. The van der Waals surface area contributed by atoms with Crippen molar-refractivity contribution in [3.63, 3.8) is 0 Å². The monoisotopic (exact) mass is 275 g/mol. The summed E-state index contributed by atoms with van der Waals surface area (Å²) in [6, 6.07) is 6.97. The maximum Gasteiger partial charge on any atom is 0.238 e. The first kappa shape index (κ1) is 15.0. The molecule has 1 heterocycles. The zero-order chi connectivity index (χ0) is 14.7. The van der Waals surface area contributed by atoms with Crippen LogP contribution >= 0.6 is 0 Å². The van der Waals surface area contributed by atoms with Gasteiger partial charge < -0.3 is 10.6 Å². The smallest absolute Gasteiger partial charge is 0.238 e. The van der Waals surface area contributed by atoms with Gasteiger partial charge in [-0.2, -0.15) is 0 Å². The highest BCUT2D eigenvalue weighted by atomic mass is 16.2. The SMILES string of the molecule is Cc1ccc(NC(=O)CN2CC(C)NC(C)C2)c(C)c1. The van der Waals surface area contributed by atoms with Crippen molar-refractivity contribution < 1.29 is 4.79 Å². The summed E-state index contributed by atoms with van der Waals surface area (Å²) in [5, 5.41) is 6.49. The molecular formula is C16H25N3O. The Morgan fingerprint density at radius 2 is 1.95 bits per heavy atom. The van der Waals surface area contributed by atoms with Crippen LogP contribution in [0.3, 0.4) is 0 Å². The fraction of sp³-hybridized carbons (Fsp3) is 0.562. The summed E-state index contributed by atoms with van der Waals surface area (Å²) < 4.78 is 0. The van der Waals surface area contributed by atoms with Gasteiger partial charge in [0.2, 0.25) is 5.91 Å². The summed E-state index contributed by atoms with van der Waals surface area (Å²) >= 11 is 0. The predicted molar refractivity (Wildman–Crippen MR) is 83.0 cm³/mol. The van der Waals surface area contributed by atoms with Crippen molar-refractivity contribution in [1.82, 2.24) is 10.2 Å². The highest BCUT2D eigenvalue weighted by Gasteiger charge is 2.22. The number of hydrogen-bond donors (Lipinski definition) is 2. The first-order chi connectivity index (χ1) is 9.44. The lowest BCUT2D eigenvalue weighted by molar-refractivity contribution is -0.117. The van der Waals surface area contributed by atoms with E-state index in [1.807, 2.05) is 19.1 Å². The van der Waals surface area contributed by atoms with E-state index in [9.17, 15) is 4.79 Å². The number of piperazine rings is 1. The average molecular weight is 275 g/mol. The molecular weight excluding hydrogens is 250 g/mol. The lowest BCUT2D eigenvalue weighted by Gasteiger charge is -2.35. The van der Waals surface area contributed by atoms with Crippen molar-refractivity contribution in [2.24, 2.45) is 0 Å². The van der Waals surface area contributed by atoms with Crippen LogP contribution in [0, 0.1) is 13.8 Å². The van der Waals surface area contributed by atoms with Gasteiger partial charge in [0.1, 0.15) is 0 Å². The van der Waals surface area contributed by atoms with E-state index >= 15 is 0 Å². The number of benzene rings is 1. The molecule has 1 fully saturated rings. The van der Waals surface area contributed by atoms with Crippen molar-refractivity contribution in [3.8, 4) is 0 Å². The molecule has 0 saturated carbocycles. The molecule has 0 aliphatic carbocycles. The fourth-order valence-electron chi connectivity index (χ4n) is 2.92. The van der Waals surface area contributed by atoms with Crippen molar-refractivity contribution >= 4 is 11.6 Å². The molecule has 1 aromatic carbocycles. The second kappa shape index (κ2) is 6.37. The van der Waals surface area contributed by atoms with Crippen molar-refractivity contribution in [1.29, 1.82) is 0 Å². The molecule has 2 atom stereocenters. The molecule has 2 N–H and O–H groups in total. The quantitative estimate of drug-likeness (QED) is 0.886. The minimum Gasteiger partial charge on any atom is -0.325 e. The van der Waals surface area contributed by atoms with E-state index in [0.29, 0.717) is 18.6 Å². The Morgan fingerprint density at radius 3 is 2.55 bits per heavy atom. The minimum atomic E-state index is 0.0678. The van der Waals surface area contributed by atoms with E-state index in [2.05, 4.69) is 42.4 Å². The molecule has 0 radical (unpaired) electrons. The summed E-state index contributed by atoms with van der Waals surface area (Å²) in [6.07, 6.45) is 0. The van der Waals surface area contributed by atoms with Crippen molar-refractivity contribution in [2.45, 2.75) is 39.8 Å². The molecule has 1 saturated heterocycles. The van der Waals surface area contributed by atoms with Gasteiger partial charge in [-0.1, -0.05) is 17.7 Å². The van der Waals surface area contributed by atoms with Crippen LogP contribution in [-0.2, 0) is 4.79 Å². The summed E-state index contributed by atoms with van der Waals surface area (Å²) in [7, 11) is 0. The van der Waals surface area contributed by atoms with Gasteiger partial charge in [-0.25, -0.2) is 0 Å².